The Labute approximate surface area is 85.2 Å². The van der Waals surface area contributed by atoms with Gasteiger partial charge in [-0.3, -0.25) is 4.99 Å². The molecular weight excluding hydrogens is 172 g/mol. The lowest BCUT2D eigenvalue weighted by molar-refractivity contribution is 0.841. The van der Waals surface area contributed by atoms with Crippen LogP contribution in [0.1, 0.15) is 18.9 Å². The largest absolute Gasteiger partial charge is 0.313 e. The predicted octanol–water partition coefficient (Wildman–Crippen LogP) is 3.37. The second-order valence-electron chi connectivity index (χ2n) is 3.53. The third-order valence-corrected chi connectivity index (χ3v) is 2.04. The van der Waals surface area contributed by atoms with Crippen molar-refractivity contribution in [2.24, 2.45) is 10.9 Å². The minimum Gasteiger partial charge on any atom is -0.313 e. The molecule has 0 amide bonds. The van der Waals surface area contributed by atoms with Crippen molar-refractivity contribution in [1.82, 2.24) is 0 Å². The molecule has 74 valence electrons. The smallest absolute Gasteiger partial charge is 0.0625 e. The first-order chi connectivity index (χ1) is 6.72. The molecule has 1 N–H and O–H groups in total. The van der Waals surface area contributed by atoms with Gasteiger partial charge in [-0.15, -0.1) is 0 Å². The molecule has 0 fully saturated rings. The summed E-state index contributed by atoms with van der Waals surface area (Å²) in [7, 11) is 0. The lowest BCUT2D eigenvalue weighted by atomic mass is 10.1. The van der Waals surface area contributed by atoms with Crippen LogP contribution in [0.3, 0.4) is 0 Å². The summed E-state index contributed by atoms with van der Waals surface area (Å²) < 4.78 is 0. The molecule has 2 heteroatoms. The fourth-order valence-electron chi connectivity index (χ4n) is 1.02. The Bertz CT molecular complexity index is 312. The van der Waals surface area contributed by atoms with Gasteiger partial charge in [-0.05, 0) is 37.6 Å². The van der Waals surface area contributed by atoms with Gasteiger partial charge in [-0.25, -0.2) is 0 Å². The third-order valence-electron chi connectivity index (χ3n) is 2.04. The number of nitrogens with zero attached hydrogens (tertiary/aromatic N) is 1. The Hall–Kier alpha value is -1.44. The summed E-state index contributed by atoms with van der Waals surface area (Å²) in [5.41, 5.74) is 2.23. The fourth-order valence-corrected chi connectivity index (χ4v) is 1.02. The molecule has 1 rings (SSSR count). The van der Waals surface area contributed by atoms with Gasteiger partial charge >= 0.3 is 0 Å². The standard InChI is InChI=1S/C12H16N2/c1-10-3-5-12(6-4-10)14-8-7-11(2)9-13/h3-6,8-9,11,13H,7H2,1-2H3. The molecule has 0 saturated heterocycles. The lowest BCUT2D eigenvalue weighted by Crippen LogP contribution is -1.94. The maximum Gasteiger partial charge on any atom is 0.0625 e. The first-order valence-electron chi connectivity index (χ1n) is 4.82. The topological polar surface area (TPSA) is 36.2 Å². The van der Waals surface area contributed by atoms with Crippen LogP contribution in [0.2, 0.25) is 0 Å². The van der Waals surface area contributed by atoms with Crippen LogP contribution in [-0.2, 0) is 0 Å². The van der Waals surface area contributed by atoms with E-state index in [1.54, 1.807) is 0 Å². The quantitative estimate of drug-likeness (QED) is 0.703. The van der Waals surface area contributed by atoms with E-state index >= 15 is 0 Å². The van der Waals surface area contributed by atoms with Gasteiger partial charge in [0.25, 0.3) is 0 Å². The van der Waals surface area contributed by atoms with Gasteiger partial charge < -0.3 is 5.41 Å². The van der Waals surface area contributed by atoms with E-state index in [9.17, 15) is 0 Å². The summed E-state index contributed by atoms with van der Waals surface area (Å²) in [5.74, 6) is 0.282. The molecule has 0 heterocycles. The van der Waals surface area contributed by atoms with E-state index in [-0.39, 0.29) is 5.92 Å². The highest BCUT2D eigenvalue weighted by molar-refractivity contribution is 5.68. The molecule has 0 radical (unpaired) electrons. The SMILES string of the molecule is Cc1ccc(N=CCC(C)C=N)cc1. The van der Waals surface area contributed by atoms with Gasteiger partial charge in [0.05, 0.1) is 5.69 Å². The highest BCUT2D eigenvalue weighted by Gasteiger charge is 1.92. The van der Waals surface area contributed by atoms with E-state index in [2.05, 4.69) is 11.9 Å². The summed E-state index contributed by atoms with van der Waals surface area (Å²) in [5, 5.41) is 7.03. The third kappa shape index (κ3) is 3.52. The van der Waals surface area contributed by atoms with Gasteiger partial charge in [-0.2, -0.15) is 0 Å². The number of nitrogens with one attached hydrogen (secondary N) is 1. The van der Waals surface area contributed by atoms with E-state index < -0.39 is 0 Å². The van der Waals surface area contributed by atoms with E-state index in [1.165, 1.54) is 11.8 Å². The highest BCUT2D eigenvalue weighted by atomic mass is 14.7. The van der Waals surface area contributed by atoms with Gasteiger partial charge in [0.1, 0.15) is 0 Å². The number of hydrogen-bond acceptors (Lipinski definition) is 2. The number of hydrogen-bond donors (Lipinski definition) is 1. The average molecular weight is 188 g/mol. The molecule has 1 aromatic rings. The second-order valence-corrected chi connectivity index (χ2v) is 3.53. The van der Waals surface area contributed by atoms with Crippen molar-refractivity contribution in [2.45, 2.75) is 20.3 Å². The summed E-state index contributed by atoms with van der Waals surface area (Å²) in [4.78, 5) is 4.31. The van der Waals surface area contributed by atoms with Crippen LogP contribution in [-0.4, -0.2) is 12.4 Å². The average Bonchev–Trinajstić information content (AvgIpc) is 2.21. The van der Waals surface area contributed by atoms with Crippen molar-refractivity contribution in [2.75, 3.05) is 0 Å². The van der Waals surface area contributed by atoms with Crippen molar-refractivity contribution in [3.8, 4) is 0 Å². The first-order valence-corrected chi connectivity index (χ1v) is 4.82. The van der Waals surface area contributed by atoms with Crippen molar-refractivity contribution in [3.05, 3.63) is 29.8 Å². The van der Waals surface area contributed by atoms with E-state index in [1.807, 2.05) is 37.4 Å². The summed E-state index contributed by atoms with van der Waals surface area (Å²) in [6.45, 7) is 4.07. The molecule has 14 heavy (non-hydrogen) atoms. The van der Waals surface area contributed by atoms with E-state index in [0.717, 1.165) is 12.1 Å². The van der Waals surface area contributed by atoms with Gasteiger partial charge in [0, 0.05) is 6.21 Å². The molecule has 0 saturated carbocycles. The van der Waals surface area contributed by atoms with Crippen LogP contribution in [0.4, 0.5) is 5.69 Å². The molecule has 0 bridgehead atoms. The predicted molar refractivity (Wildman–Crippen MR) is 61.9 cm³/mol. The highest BCUT2D eigenvalue weighted by Crippen LogP contribution is 2.12. The number of aliphatic imine (C=N–C) groups is 1. The fraction of sp³-hybridized carbons (Fsp3) is 0.333. The molecule has 1 unspecified atom stereocenters. The van der Waals surface area contributed by atoms with Crippen LogP contribution >= 0.6 is 0 Å². The molecular formula is C12H16N2. The van der Waals surface area contributed by atoms with Crippen molar-refractivity contribution >= 4 is 18.1 Å². The Kier molecular flexibility index (Phi) is 4.05. The van der Waals surface area contributed by atoms with E-state index in [4.69, 9.17) is 5.41 Å². The molecule has 0 aliphatic heterocycles. The van der Waals surface area contributed by atoms with Gasteiger partial charge in [0.15, 0.2) is 0 Å². The van der Waals surface area contributed by atoms with Crippen LogP contribution in [0.25, 0.3) is 0 Å². The molecule has 0 aliphatic rings. The molecule has 1 atom stereocenters. The zero-order valence-electron chi connectivity index (χ0n) is 8.70. The minimum absolute atomic E-state index is 0.282. The maximum atomic E-state index is 7.03. The van der Waals surface area contributed by atoms with Gasteiger partial charge in [-0.1, -0.05) is 24.6 Å². The van der Waals surface area contributed by atoms with Gasteiger partial charge in [0.2, 0.25) is 0 Å². The molecule has 1 aromatic carbocycles. The molecule has 0 spiro atoms. The van der Waals surface area contributed by atoms with Crippen molar-refractivity contribution in [1.29, 1.82) is 5.41 Å². The summed E-state index contributed by atoms with van der Waals surface area (Å²) in [6, 6.07) is 8.10. The minimum atomic E-state index is 0.282. The molecule has 0 aromatic heterocycles. The number of benzene rings is 1. The Morgan fingerprint density at radius 1 is 1.36 bits per heavy atom. The molecule has 0 aliphatic carbocycles. The maximum absolute atomic E-state index is 7.03. The Balaban J connectivity index is 2.51. The molecule has 2 nitrogen and oxygen atoms in total. The van der Waals surface area contributed by atoms with Crippen molar-refractivity contribution < 1.29 is 0 Å². The number of rotatable bonds is 4. The zero-order chi connectivity index (χ0) is 10.4. The Morgan fingerprint density at radius 3 is 2.57 bits per heavy atom. The van der Waals surface area contributed by atoms with Crippen LogP contribution < -0.4 is 0 Å². The summed E-state index contributed by atoms with van der Waals surface area (Å²) >= 11 is 0. The normalized spacial score (nSPS) is 13.0. The second kappa shape index (κ2) is 5.32. The first kappa shape index (κ1) is 10.6. The summed E-state index contributed by atoms with van der Waals surface area (Å²) in [6.07, 6.45) is 4.15. The van der Waals surface area contributed by atoms with Crippen LogP contribution in [0.5, 0.6) is 0 Å². The van der Waals surface area contributed by atoms with E-state index in [0.29, 0.717) is 0 Å². The Morgan fingerprint density at radius 2 is 2.00 bits per heavy atom. The van der Waals surface area contributed by atoms with Crippen molar-refractivity contribution in [3.63, 3.8) is 0 Å². The lowest BCUT2D eigenvalue weighted by Gasteiger charge is -1.98. The van der Waals surface area contributed by atoms with Crippen LogP contribution in [0, 0.1) is 18.3 Å². The number of aryl methyl sites for hydroxylation is 1. The zero-order valence-corrected chi connectivity index (χ0v) is 8.70. The monoisotopic (exact) mass is 188 g/mol. The van der Waals surface area contributed by atoms with Crippen LogP contribution in [0.15, 0.2) is 29.3 Å².